The molecule has 3 aliphatic rings. The summed E-state index contributed by atoms with van der Waals surface area (Å²) >= 11 is 0. The number of benzene rings is 1. The molecule has 21 heavy (non-hydrogen) atoms. The lowest BCUT2D eigenvalue weighted by Crippen LogP contribution is -2.31. The normalized spacial score (nSPS) is 18.2. The van der Waals surface area contributed by atoms with E-state index in [-0.39, 0.29) is 11.5 Å². The Morgan fingerprint density at radius 2 is 2.00 bits per heavy atom. The fourth-order valence-corrected chi connectivity index (χ4v) is 2.27. The van der Waals surface area contributed by atoms with Gasteiger partial charge in [-0.25, -0.2) is 9.48 Å². The van der Waals surface area contributed by atoms with Crippen LogP contribution >= 0.6 is 0 Å². The van der Waals surface area contributed by atoms with Crippen molar-refractivity contribution in [3.05, 3.63) is 40.7 Å². The van der Waals surface area contributed by atoms with Gasteiger partial charge in [0.05, 0.1) is 0 Å². The van der Waals surface area contributed by atoms with Gasteiger partial charge in [0, 0.05) is 5.39 Å². The van der Waals surface area contributed by atoms with Gasteiger partial charge in [-0.3, -0.25) is 9.59 Å². The van der Waals surface area contributed by atoms with E-state index >= 15 is 0 Å². The quantitative estimate of drug-likeness (QED) is 0.642. The van der Waals surface area contributed by atoms with Gasteiger partial charge < -0.3 is 9.25 Å². The van der Waals surface area contributed by atoms with Crippen LogP contribution in [0.25, 0.3) is 22.4 Å². The summed E-state index contributed by atoms with van der Waals surface area (Å²) in [5.74, 6) is -1.56. The lowest BCUT2D eigenvalue weighted by Gasteiger charge is -1.99. The molecule has 0 aromatic heterocycles. The molecular weight excluding hydrogens is 278 g/mol. The minimum absolute atomic E-state index is 0.0613. The van der Waals surface area contributed by atoms with Gasteiger partial charge in [0.25, 0.3) is 11.5 Å². The average Bonchev–Trinajstić information content (AvgIpc) is 2.97. The van der Waals surface area contributed by atoms with Crippen LogP contribution in [-0.2, 0) is 14.4 Å². The molecule has 1 aromatic carbocycles. The van der Waals surface area contributed by atoms with Crippen molar-refractivity contribution < 1.29 is 18.8 Å². The molecule has 8 nitrogen and oxygen atoms in total. The zero-order valence-corrected chi connectivity index (χ0v) is 10.4. The molecule has 104 valence electrons. The van der Waals surface area contributed by atoms with Crippen LogP contribution in [0.1, 0.15) is 6.04 Å². The number of rotatable bonds is 1. The van der Waals surface area contributed by atoms with Crippen LogP contribution in [0.5, 0.6) is 0 Å². The lowest BCUT2D eigenvalue weighted by atomic mass is 10.2. The Morgan fingerprint density at radius 3 is 2.76 bits per heavy atom. The number of fused-ring (bicyclic) bond motifs is 2. The van der Waals surface area contributed by atoms with E-state index in [2.05, 4.69) is 9.94 Å². The molecule has 0 bridgehead atoms. The van der Waals surface area contributed by atoms with E-state index in [0.29, 0.717) is 5.58 Å². The molecule has 0 radical (unpaired) electrons. The van der Waals surface area contributed by atoms with Gasteiger partial charge in [0.15, 0.2) is 0 Å². The maximum atomic E-state index is 12.3. The number of hydrogen-bond donors (Lipinski definition) is 1. The Hall–Kier alpha value is -3.16. The maximum absolute atomic E-state index is 12.3. The van der Waals surface area contributed by atoms with E-state index in [0.717, 1.165) is 10.1 Å². The van der Waals surface area contributed by atoms with Gasteiger partial charge in [0.2, 0.25) is 11.9 Å². The van der Waals surface area contributed by atoms with Crippen molar-refractivity contribution in [1.29, 1.82) is 0 Å². The monoisotopic (exact) mass is 285 g/mol. The van der Waals surface area contributed by atoms with Gasteiger partial charge in [-0.2, -0.15) is 5.48 Å². The Balaban J connectivity index is 2.00. The average molecular weight is 285 g/mol. The highest BCUT2D eigenvalue weighted by Gasteiger charge is 2.41. The standard InChI is InChI=1S/C13H7N3O5/c17-10-9(13(19)21-15-10)16-12(18)7-5-6-3-1-2-4-8(6)20-11(7)14-16/h1-5,9H,(H,15,17). The number of carbonyl (C=O) groups is 2. The molecule has 1 amide bonds. The zero-order valence-electron chi connectivity index (χ0n) is 10.4. The van der Waals surface area contributed by atoms with Crippen LogP contribution in [0.4, 0.5) is 0 Å². The SMILES string of the molecule is O=C1NOC(=O)C1n1nc2oc3ccccc3cc-2c1=O. The minimum atomic E-state index is -1.43. The third-order valence-electron chi connectivity index (χ3n) is 3.26. The highest BCUT2D eigenvalue weighted by Crippen LogP contribution is 2.25. The second-order valence-electron chi connectivity index (χ2n) is 4.54. The van der Waals surface area contributed by atoms with E-state index < -0.39 is 23.5 Å². The molecule has 1 saturated heterocycles. The van der Waals surface area contributed by atoms with Gasteiger partial charge in [-0.15, -0.1) is 5.10 Å². The predicted octanol–water partition coefficient (Wildman–Crippen LogP) is 0.223. The summed E-state index contributed by atoms with van der Waals surface area (Å²) in [6.45, 7) is 0. The molecule has 1 N–H and O–H groups in total. The van der Waals surface area contributed by atoms with Gasteiger partial charge in [-0.05, 0) is 12.1 Å². The molecule has 0 aliphatic carbocycles. The molecule has 1 unspecified atom stereocenters. The number of amides is 1. The highest BCUT2D eigenvalue weighted by molar-refractivity contribution is 6.03. The maximum Gasteiger partial charge on any atom is 0.366 e. The number of hydroxylamine groups is 1. The van der Waals surface area contributed by atoms with Crippen molar-refractivity contribution in [3.8, 4) is 11.5 Å². The van der Waals surface area contributed by atoms with Crippen molar-refractivity contribution in [3.63, 3.8) is 0 Å². The van der Waals surface area contributed by atoms with E-state index in [1.54, 1.807) is 30.3 Å². The minimum Gasteiger partial charge on any atom is -0.436 e. The summed E-state index contributed by atoms with van der Waals surface area (Å²) in [6, 6.07) is 7.29. The van der Waals surface area contributed by atoms with Crippen molar-refractivity contribution in [2.75, 3.05) is 0 Å². The third kappa shape index (κ3) is 1.55. The largest absolute Gasteiger partial charge is 0.436 e. The molecule has 1 atom stereocenters. The van der Waals surface area contributed by atoms with E-state index in [4.69, 9.17) is 4.42 Å². The summed E-state index contributed by atoms with van der Waals surface area (Å²) in [5, 5.41) is 4.64. The molecule has 0 spiro atoms. The Kier molecular flexibility index (Phi) is 2.17. The summed E-state index contributed by atoms with van der Waals surface area (Å²) < 4.78 is 6.30. The summed E-state index contributed by atoms with van der Waals surface area (Å²) in [6.07, 6.45) is 0. The number of nitrogens with one attached hydrogen (secondary N) is 1. The highest BCUT2D eigenvalue weighted by atomic mass is 16.7. The summed E-state index contributed by atoms with van der Waals surface area (Å²) in [4.78, 5) is 39.8. The Morgan fingerprint density at radius 1 is 1.19 bits per heavy atom. The third-order valence-corrected chi connectivity index (χ3v) is 3.26. The van der Waals surface area contributed by atoms with Crippen LogP contribution in [-0.4, -0.2) is 21.7 Å². The first-order valence-electron chi connectivity index (χ1n) is 6.07. The van der Waals surface area contributed by atoms with Crippen molar-refractivity contribution in [2.45, 2.75) is 6.04 Å². The second kappa shape index (κ2) is 3.92. The molecule has 0 saturated carbocycles. The van der Waals surface area contributed by atoms with Crippen LogP contribution in [0.3, 0.4) is 0 Å². The number of carbonyl (C=O) groups excluding carboxylic acids is 2. The lowest BCUT2D eigenvalue weighted by molar-refractivity contribution is -0.145. The number of hydrogen-bond acceptors (Lipinski definition) is 6. The van der Waals surface area contributed by atoms with E-state index in [1.807, 2.05) is 5.48 Å². The fourth-order valence-electron chi connectivity index (χ4n) is 2.27. The molecule has 1 fully saturated rings. The summed E-state index contributed by atoms with van der Waals surface area (Å²) in [7, 11) is 0. The van der Waals surface area contributed by atoms with Gasteiger partial charge in [-0.1, -0.05) is 18.2 Å². The molecule has 3 heterocycles. The van der Waals surface area contributed by atoms with Crippen LogP contribution in [0.15, 0.2) is 39.5 Å². The van der Waals surface area contributed by atoms with Crippen LogP contribution in [0, 0.1) is 0 Å². The van der Waals surface area contributed by atoms with Crippen molar-refractivity contribution >= 4 is 22.8 Å². The Labute approximate surface area is 116 Å². The van der Waals surface area contributed by atoms with Crippen LogP contribution < -0.4 is 11.0 Å². The first-order chi connectivity index (χ1) is 10.1. The Bertz CT molecular complexity index is 909. The van der Waals surface area contributed by atoms with E-state index in [9.17, 15) is 14.4 Å². The van der Waals surface area contributed by atoms with Crippen molar-refractivity contribution in [2.24, 2.45) is 0 Å². The first kappa shape index (κ1) is 11.6. The summed E-state index contributed by atoms with van der Waals surface area (Å²) in [5.41, 5.74) is 2.06. The fraction of sp³-hybridized carbons (Fsp3) is 0.0769. The van der Waals surface area contributed by atoms with Gasteiger partial charge >= 0.3 is 5.97 Å². The molecule has 4 rings (SSSR count). The topological polar surface area (TPSA) is 103 Å². The number of para-hydroxylation sites is 1. The van der Waals surface area contributed by atoms with Gasteiger partial charge in [0.1, 0.15) is 11.1 Å². The molecule has 3 aliphatic heterocycles. The number of aromatic nitrogens is 2. The molecule has 1 aromatic rings. The molecular formula is C13H7N3O5. The molecule has 8 heteroatoms. The first-order valence-corrected chi connectivity index (χ1v) is 6.07. The second-order valence-corrected chi connectivity index (χ2v) is 4.54. The van der Waals surface area contributed by atoms with E-state index in [1.165, 1.54) is 0 Å². The zero-order chi connectivity index (χ0) is 14.6. The van der Waals surface area contributed by atoms with Crippen LogP contribution in [0.2, 0.25) is 0 Å². The smallest absolute Gasteiger partial charge is 0.366 e. The predicted molar refractivity (Wildman–Crippen MR) is 68.2 cm³/mol. The van der Waals surface area contributed by atoms with Crippen molar-refractivity contribution in [1.82, 2.24) is 15.3 Å². The number of nitrogens with zero attached hydrogens (tertiary/aromatic N) is 2.